The van der Waals surface area contributed by atoms with Gasteiger partial charge in [-0.05, 0) is 144 Å². The van der Waals surface area contributed by atoms with E-state index in [1.54, 1.807) is 91.4 Å². The van der Waals surface area contributed by atoms with Gasteiger partial charge in [0.15, 0.2) is 75.3 Å². The summed E-state index contributed by atoms with van der Waals surface area (Å²) in [5, 5.41) is 73.0. The first kappa shape index (κ1) is 114. The second-order valence-corrected chi connectivity index (χ2v) is 49.9. The van der Waals surface area contributed by atoms with E-state index in [0.717, 1.165) is 126 Å². The number of aliphatic hydroxyl groups is 6. The Morgan fingerprint density at radius 1 is 0.235 bits per heavy atom. The number of aliphatic hydroxyl groups excluding tert-OH is 6. The normalized spacial score (nSPS) is 11.4. The van der Waals surface area contributed by atoms with Crippen molar-refractivity contribution in [1.82, 2.24) is 0 Å². The molecule has 0 spiro atoms. The highest BCUT2D eigenvalue weighted by Gasteiger charge is 2.29. The van der Waals surface area contributed by atoms with Crippen LogP contribution in [-0.4, -0.2) is 173 Å². The Labute approximate surface area is 815 Å². The van der Waals surface area contributed by atoms with Crippen LogP contribution in [0.2, 0.25) is 39.3 Å². The maximum atomic E-state index is 9.74. The molecule has 136 heavy (non-hydrogen) atoms. The molecule has 12 aromatic carbocycles. The molecule has 0 fully saturated rings. The van der Waals surface area contributed by atoms with Crippen molar-refractivity contribution in [3.05, 3.63) is 275 Å². The SMILES string of the molecule is COCOc1c(OC)cc(OC)cc1Pc1ccccc1CO.COCOc1c(OC)cccc1Pc1c(C)cccc1CO.COCOc1c(OC)cccc1Pc1ccccc1CO.COCOc1c(Pc2ccccc2CO)cc([Si](C)(C)C)cc1[Si](C)(C)C.COCOc1ccc(OC)cc1Pc1ccc(C)cc1CO.COCOc1ccc(OC)cc1Pc1ccccc1CO. The topological polar surface area (TPSA) is 288 Å². The largest absolute Gasteiger partial charge is 0.497 e. The minimum Gasteiger partial charge on any atom is -0.497 e. The van der Waals surface area contributed by atoms with E-state index in [4.69, 9.17) is 85.3 Å². The van der Waals surface area contributed by atoms with Gasteiger partial charge in [0.1, 0.15) is 34.5 Å². The predicted molar refractivity (Wildman–Crippen MR) is 568 cm³/mol. The van der Waals surface area contributed by atoms with Gasteiger partial charge in [-0.3, -0.25) is 0 Å². The fourth-order valence-corrected chi connectivity index (χ4v) is 24.1. The van der Waals surface area contributed by atoms with Crippen LogP contribution in [-0.2, 0) is 68.1 Å². The lowest BCUT2D eigenvalue weighted by atomic mass is 10.1. The van der Waals surface area contributed by atoms with E-state index < -0.39 is 16.1 Å². The molecule has 0 aliphatic heterocycles. The number of aryl methyl sites for hydroxylation is 2. The number of rotatable bonds is 44. The molecule has 12 rings (SSSR count). The van der Waals surface area contributed by atoms with E-state index in [1.165, 1.54) is 21.0 Å². The molecule has 0 saturated heterocycles. The molecule has 0 amide bonds. The van der Waals surface area contributed by atoms with E-state index in [2.05, 4.69) is 82.6 Å². The Morgan fingerprint density at radius 2 is 0.566 bits per heavy atom. The molecule has 0 aliphatic carbocycles. The smallest absolute Gasteiger partial charge is 0.188 e. The number of hydrogen-bond donors (Lipinski definition) is 6. The average Bonchev–Trinajstić information content (AvgIpc) is 0.772. The summed E-state index contributed by atoms with van der Waals surface area (Å²) in [4.78, 5) is 0. The highest BCUT2D eigenvalue weighted by atomic mass is 31.1. The van der Waals surface area contributed by atoms with Crippen LogP contribution >= 0.6 is 51.5 Å². The molecule has 0 radical (unpaired) electrons. The molecule has 0 aromatic heterocycles. The summed E-state index contributed by atoms with van der Waals surface area (Å²) in [5.41, 5.74) is 7.92. The maximum Gasteiger partial charge on any atom is 0.188 e. The maximum absolute atomic E-state index is 9.74. The Hall–Kier alpha value is -9.23. The van der Waals surface area contributed by atoms with Crippen molar-refractivity contribution < 1.29 is 116 Å². The minimum atomic E-state index is -1.61. The predicted octanol–water partition coefficient (Wildman–Crippen LogP) is 12.5. The van der Waals surface area contributed by atoms with Crippen LogP contribution in [0.15, 0.2) is 231 Å². The summed E-state index contributed by atoms with van der Waals surface area (Å²) in [6.45, 7) is 19.6. The first-order valence-electron chi connectivity index (χ1n) is 43.4. The number of hydrogen-bond acceptors (Lipinski definition) is 24. The molecule has 32 heteroatoms. The second kappa shape index (κ2) is 61.3. The van der Waals surface area contributed by atoms with Crippen LogP contribution in [0.4, 0.5) is 0 Å². The fraction of sp³-hybridized carbons (Fsp3) is 0.308. The van der Waals surface area contributed by atoms with Gasteiger partial charge in [0, 0.05) is 80.6 Å². The standard InChI is InChI=1S/C21H33O3PSi2.C17H21O5P.2C17H21O4P.2C16H19O4P/c1-23-15-24-21-19(25-18-11-9-8-10-16(18)14-22)12-17(26(2,3)4)13-20(21)27(5,6)7;1-19-11-22-17-14(21-3)8-13(20-2)9-16(17)23-15-7-5-4-6-12(15)10-18;1-12-4-7-16(13(8-12)10-18)22-17-9-14(20-3)5-6-15(17)21-11-19-2;1-12-6-4-7-13(10-18)17(12)22-15-9-5-8-14(20-3)16(15)21-11-19-2;1-18-11-20-16-13(19-2)7-5-9-15(16)21-14-8-4-3-6-12(14)10-17;1-18-11-20-14-8-7-13(19-2)9-16(14)21-15-6-4-3-5-12(15)10-17/h8-13,22,25H,14-15H2,1-7H3;4-9,18,23H,10-11H2,1-3H3;2*4-9,18,22H,10-11H2,1-3H3;2*3-9,17,21H,10-11H2,1-2H3. The monoisotopic (exact) mass is 2010 g/mol. The molecule has 6 N–H and O–H groups in total. The van der Waals surface area contributed by atoms with E-state index >= 15 is 0 Å². The quantitative estimate of drug-likeness (QED) is 0.0117. The van der Waals surface area contributed by atoms with Crippen molar-refractivity contribution in [3.63, 3.8) is 0 Å². The van der Waals surface area contributed by atoms with E-state index in [1.807, 2.05) is 195 Å². The lowest BCUT2D eigenvalue weighted by molar-refractivity contribution is 0.0498. The molecular formula is C104H134O24P6Si2. The van der Waals surface area contributed by atoms with Crippen LogP contribution < -0.4 is 131 Å². The summed E-state index contributed by atoms with van der Waals surface area (Å²) in [6, 6.07) is 75.1. The molecular weight excluding hydrogens is 1880 g/mol. The Kier molecular flexibility index (Phi) is 51.2. The Morgan fingerprint density at radius 3 is 0.949 bits per heavy atom. The first-order valence-corrected chi connectivity index (χ1v) is 56.4. The second-order valence-electron chi connectivity index (χ2n) is 31.9. The summed E-state index contributed by atoms with van der Waals surface area (Å²) >= 11 is 0. The molecule has 0 bridgehead atoms. The van der Waals surface area contributed by atoms with Crippen molar-refractivity contribution in [2.45, 2.75) is 92.8 Å². The van der Waals surface area contributed by atoms with Gasteiger partial charge in [0.2, 0.25) is 0 Å². The van der Waals surface area contributed by atoms with Gasteiger partial charge in [-0.1, -0.05) is 271 Å². The van der Waals surface area contributed by atoms with Crippen LogP contribution in [0.3, 0.4) is 0 Å². The zero-order valence-corrected chi connectivity index (χ0v) is 89.5. The van der Waals surface area contributed by atoms with Gasteiger partial charge in [0.05, 0.1) is 98.4 Å². The van der Waals surface area contributed by atoms with Gasteiger partial charge >= 0.3 is 0 Å². The lowest BCUT2D eigenvalue weighted by Gasteiger charge is -2.28. The third-order valence-electron chi connectivity index (χ3n) is 20.3. The zero-order valence-electron chi connectivity index (χ0n) is 81.5. The van der Waals surface area contributed by atoms with Crippen LogP contribution in [0.25, 0.3) is 0 Å². The van der Waals surface area contributed by atoms with Gasteiger partial charge in [0.25, 0.3) is 0 Å². The number of benzene rings is 12. The van der Waals surface area contributed by atoms with Crippen molar-refractivity contribution >= 4 is 142 Å². The van der Waals surface area contributed by atoms with Gasteiger partial charge in [-0.2, -0.15) is 0 Å². The van der Waals surface area contributed by atoms with E-state index in [0.29, 0.717) is 91.7 Å². The highest BCUT2D eigenvalue weighted by molar-refractivity contribution is 7.57. The molecule has 12 aromatic rings. The molecule has 732 valence electrons. The molecule has 0 heterocycles. The van der Waals surface area contributed by atoms with Crippen molar-refractivity contribution in [2.75, 3.05) is 126 Å². The number of methoxy groups -OCH3 is 12. The van der Waals surface area contributed by atoms with Gasteiger partial charge in [-0.15, -0.1) is 0 Å². The summed E-state index contributed by atoms with van der Waals surface area (Å²) in [7, 11) is 18.4. The van der Waals surface area contributed by atoms with Crippen LogP contribution in [0, 0.1) is 13.8 Å². The lowest BCUT2D eigenvalue weighted by Crippen LogP contribution is -2.48. The molecule has 6 unspecified atom stereocenters. The van der Waals surface area contributed by atoms with Gasteiger partial charge in [-0.25, -0.2) is 0 Å². The van der Waals surface area contributed by atoms with Crippen molar-refractivity contribution in [3.8, 4) is 69.0 Å². The highest BCUT2D eigenvalue weighted by Crippen LogP contribution is 2.37. The number of para-hydroxylation sites is 2. The summed E-state index contributed by atoms with van der Waals surface area (Å²) in [6.07, 6.45) is 0. The van der Waals surface area contributed by atoms with Crippen LogP contribution in [0.1, 0.15) is 44.5 Å². The molecule has 6 atom stereocenters. The summed E-state index contributed by atoms with van der Waals surface area (Å²) in [5.74, 6) is 8.74. The number of ether oxygens (including phenoxy) is 18. The van der Waals surface area contributed by atoms with Gasteiger partial charge < -0.3 is 116 Å². The van der Waals surface area contributed by atoms with Crippen LogP contribution in [0.5, 0.6) is 69.0 Å². The minimum absolute atomic E-state index is 0.00145. The zero-order chi connectivity index (χ0) is 99.0. The van der Waals surface area contributed by atoms with Crippen molar-refractivity contribution in [2.24, 2.45) is 0 Å². The third-order valence-corrected chi connectivity index (χ3v) is 33.0. The fourth-order valence-electron chi connectivity index (χ4n) is 13.2. The first-order chi connectivity index (χ1) is 65.8. The Balaban J connectivity index is 0.000000223. The third kappa shape index (κ3) is 35.6. The molecule has 0 saturated carbocycles. The molecule has 24 nitrogen and oxygen atoms in total. The molecule has 0 aliphatic rings. The summed E-state index contributed by atoms with van der Waals surface area (Å²) < 4.78 is 96.6. The van der Waals surface area contributed by atoms with E-state index in [-0.39, 0.29) is 80.4 Å². The van der Waals surface area contributed by atoms with E-state index in [9.17, 15) is 30.6 Å². The van der Waals surface area contributed by atoms with Crippen molar-refractivity contribution in [1.29, 1.82) is 0 Å². The average molecular weight is 2010 g/mol. The Bertz CT molecular complexity index is 5560.